The molecule has 0 spiro atoms. The molecule has 3 rings (SSSR count). The quantitative estimate of drug-likeness (QED) is 0.783. The third-order valence-corrected chi connectivity index (χ3v) is 3.54. The summed E-state index contributed by atoms with van der Waals surface area (Å²) in [6, 6.07) is 13.2. The second kappa shape index (κ2) is 4.72. The van der Waals surface area contributed by atoms with Crippen molar-refractivity contribution in [2.45, 2.75) is 6.04 Å². The molecule has 0 aliphatic heterocycles. The molecule has 18 heavy (non-hydrogen) atoms. The third kappa shape index (κ3) is 2.05. The van der Waals surface area contributed by atoms with Gasteiger partial charge in [0.15, 0.2) is 0 Å². The molecule has 1 aromatic carbocycles. The van der Waals surface area contributed by atoms with Gasteiger partial charge in [0, 0.05) is 10.4 Å². The summed E-state index contributed by atoms with van der Waals surface area (Å²) in [7, 11) is 0. The van der Waals surface area contributed by atoms with E-state index in [4.69, 9.17) is 10.3 Å². The first-order valence-electron chi connectivity index (χ1n) is 5.52. The monoisotopic (exact) mass is 257 g/mol. The molecule has 0 radical (unpaired) electrons. The van der Waals surface area contributed by atoms with Crippen molar-refractivity contribution in [1.29, 1.82) is 0 Å². The second-order valence-electron chi connectivity index (χ2n) is 3.82. The minimum absolute atomic E-state index is 0.352. The average molecular weight is 257 g/mol. The standard InChI is InChI=1S/C13H11N3OS/c14-11(10-7-4-8-18-10)13-15-12(16-17-13)9-5-2-1-3-6-9/h1-8,11H,14H2. The van der Waals surface area contributed by atoms with Crippen LogP contribution in [0.1, 0.15) is 16.8 Å². The number of thiophene rings is 1. The van der Waals surface area contributed by atoms with Crippen molar-refractivity contribution >= 4 is 11.3 Å². The number of nitrogens with two attached hydrogens (primary N) is 1. The molecule has 5 heteroatoms. The maximum Gasteiger partial charge on any atom is 0.249 e. The van der Waals surface area contributed by atoms with E-state index in [2.05, 4.69) is 10.1 Å². The van der Waals surface area contributed by atoms with Gasteiger partial charge in [-0.05, 0) is 11.4 Å². The fourth-order valence-electron chi connectivity index (χ4n) is 1.66. The molecule has 0 amide bonds. The van der Waals surface area contributed by atoms with Crippen LogP contribution < -0.4 is 5.73 Å². The van der Waals surface area contributed by atoms with E-state index in [-0.39, 0.29) is 6.04 Å². The van der Waals surface area contributed by atoms with Crippen molar-refractivity contribution in [2.75, 3.05) is 0 Å². The van der Waals surface area contributed by atoms with Gasteiger partial charge in [-0.1, -0.05) is 41.6 Å². The smallest absolute Gasteiger partial charge is 0.249 e. The second-order valence-corrected chi connectivity index (χ2v) is 4.79. The fourth-order valence-corrected chi connectivity index (χ4v) is 2.37. The van der Waals surface area contributed by atoms with Gasteiger partial charge in [-0.15, -0.1) is 11.3 Å². The van der Waals surface area contributed by atoms with E-state index in [0.717, 1.165) is 10.4 Å². The van der Waals surface area contributed by atoms with E-state index in [1.54, 1.807) is 11.3 Å². The summed E-state index contributed by atoms with van der Waals surface area (Å²) in [6.45, 7) is 0. The molecule has 2 N–H and O–H groups in total. The van der Waals surface area contributed by atoms with Crippen molar-refractivity contribution < 1.29 is 4.52 Å². The zero-order valence-electron chi connectivity index (χ0n) is 9.48. The van der Waals surface area contributed by atoms with E-state index in [1.807, 2.05) is 47.8 Å². The first-order chi connectivity index (χ1) is 8.84. The van der Waals surface area contributed by atoms with Crippen LogP contribution in [-0.4, -0.2) is 10.1 Å². The number of hydrogen-bond donors (Lipinski definition) is 1. The van der Waals surface area contributed by atoms with Crippen LogP contribution in [0.3, 0.4) is 0 Å². The van der Waals surface area contributed by atoms with Crippen LogP contribution in [0.5, 0.6) is 0 Å². The van der Waals surface area contributed by atoms with Gasteiger partial charge in [-0.25, -0.2) is 0 Å². The molecule has 0 saturated heterocycles. The minimum Gasteiger partial charge on any atom is -0.337 e. The Balaban J connectivity index is 1.90. The lowest BCUT2D eigenvalue weighted by atomic mass is 10.2. The summed E-state index contributed by atoms with van der Waals surface area (Å²) in [6.07, 6.45) is 0. The largest absolute Gasteiger partial charge is 0.337 e. The molecule has 0 saturated carbocycles. The molecule has 1 atom stereocenters. The van der Waals surface area contributed by atoms with E-state index in [0.29, 0.717) is 11.7 Å². The Bertz CT molecular complexity index is 619. The Hall–Kier alpha value is -1.98. The molecule has 0 fully saturated rings. The highest BCUT2D eigenvalue weighted by molar-refractivity contribution is 7.10. The summed E-state index contributed by atoms with van der Waals surface area (Å²) in [5.74, 6) is 1.01. The van der Waals surface area contributed by atoms with Crippen molar-refractivity contribution in [3.05, 3.63) is 58.6 Å². The zero-order valence-corrected chi connectivity index (χ0v) is 10.3. The summed E-state index contributed by atoms with van der Waals surface area (Å²) in [5, 5.41) is 5.93. The van der Waals surface area contributed by atoms with Crippen LogP contribution in [0.2, 0.25) is 0 Å². The Morgan fingerprint density at radius 3 is 2.67 bits per heavy atom. The summed E-state index contributed by atoms with van der Waals surface area (Å²) < 4.78 is 5.23. The van der Waals surface area contributed by atoms with Crippen LogP contribution >= 0.6 is 11.3 Å². The maximum atomic E-state index is 6.07. The molecule has 1 unspecified atom stereocenters. The lowest BCUT2D eigenvalue weighted by Crippen LogP contribution is -2.10. The molecule has 3 aromatic rings. The third-order valence-electron chi connectivity index (χ3n) is 2.59. The van der Waals surface area contributed by atoms with E-state index < -0.39 is 0 Å². The number of nitrogens with zero attached hydrogens (tertiary/aromatic N) is 2. The van der Waals surface area contributed by atoms with Gasteiger partial charge in [0.25, 0.3) is 0 Å². The van der Waals surface area contributed by atoms with Crippen molar-refractivity contribution in [1.82, 2.24) is 10.1 Å². The number of rotatable bonds is 3. The predicted octanol–water partition coefficient (Wildman–Crippen LogP) is 2.85. The van der Waals surface area contributed by atoms with Gasteiger partial charge in [0.2, 0.25) is 11.7 Å². The Morgan fingerprint density at radius 1 is 1.11 bits per heavy atom. The van der Waals surface area contributed by atoms with Gasteiger partial charge in [-0.3, -0.25) is 0 Å². The Kier molecular flexibility index (Phi) is 2.92. The molecule has 4 nitrogen and oxygen atoms in total. The molecule has 2 heterocycles. The van der Waals surface area contributed by atoms with Crippen molar-refractivity contribution in [2.24, 2.45) is 5.73 Å². The summed E-state index contributed by atoms with van der Waals surface area (Å²) >= 11 is 1.58. The van der Waals surface area contributed by atoms with Gasteiger partial charge < -0.3 is 10.3 Å². The Labute approximate surface area is 108 Å². The maximum absolute atomic E-state index is 6.07. The fraction of sp³-hybridized carbons (Fsp3) is 0.0769. The van der Waals surface area contributed by atoms with Gasteiger partial charge in [0.1, 0.15) is 6.04 Å². The molecule has 2 aromatic heterocycles. The molecule has 0 aliphatic carbocycles. The zero-order chi connectivity index (χ0) is 12.4. The molecular weight excluding hydrogens is 246 g/mol. The van der Waals surface area contributed by atoms with Crippen LogP contribution in [0.25, 0.3) is 11.4 Å². The summed E-state index contributed by atoms with van der Waals surface area (Å²) in [5.41, 5.74) is 6.99. The van der Waals surface area contributed by atoms with Gasteiger partial charge in [-0.2, -0.15) is 4.98 Å². The topological polar surface area (TPSA) is 64.9 Å². The number of benzene rings is 1. The predicted molar refractivity (Wildman–Crippen MR) is 70.1 cm³/mol. The lowest BCUT2D eigenvalue weighted by Gasteiger charge is -2.01. The highest BCUT2D eigenvalue weighted by atomic mass is 32.1. The van der Waals surface area contributed by atoms with Crippen molar-refractivity contribution in [3.8, 4) is 11.4 Å². The first-order valence-corrected chi connectivity index (χ1v) is 6.40. The van der Waals surface area contributed by atoms with Crippen LogP contribution in [0.15, 0.2) is 52.4 Å². The highest BCUT2D eigenvalue weighted by Crippen LogP contribution is 2.24. The number of hydrogen-bond acceptors (Lipinski definition) is 5. The molecule has 90 valence electrons. The van der Waals surface area contributed by atoms with E-state index in [1.165, 1.54) is 0 Å². The van der Waals surface area contributed by atoms with E-state index in [9.17, 15) is 0 Å². The Morgan fingerprint density at radius 2 is 1.94 bits per heavy atom. The van der Waals surface area contributed by atoms with Crippen LogP contribution in [0.4, 0.5) is 0 Å². The van der Waals surface area contributed by atoms with Gasteiger partial charge >= 0.3 is 0 Å². The van der Waals surface area contributed by atoms with E-state index >= 15 is 0 Å². The minimum atomic E-state index is -0.352. The SMILES string of the molecule is NC(c1nc(-c2ccccc2)no1)c1cccs1. The molecule has 0 aliphatic rings. The number of aromatic nitrogens is 2. The van der Waals surface area contributed by atoms with Crippen LogP contribution in [-0.2, 0) is 0 Å². The van der Waals surface area contributed by atoms with Crippen molar-refractivity contribution in [3.63, 3.8) is 0 Å². The highest BCUT2D eigenvalue weighted by Gasteiger charge is 2.18. The van der Waals surface area contributed by atoms with Gasteiger partial charge in [0.05, 0.1) is 0 Å². The molecular formula is C13H11N3OS. The average Bonchev–Trinajstić information content (AvgIpc) is 3.10. The first kappa shape index (κ1) is 11.1. The lowest BCUT2D eigenvalue weighted by molar-refractivity contribution is 0.368. The summed E-state index contributed by atoms with van der Waals surface area (Å²) in [4.78, 5) is 5.35. The molecule has 0 bridgehead atoms. The normalized spacial score (nSPS) is 12.5. The van der Waals surface area contributed by atoms with Crippen LogP contribution in [0, 0.1) is 0 Å².